The topological polar surface area (TPSA) is 105 Å². The average molecular weight is 409 g/mol. The van der Waals surface area contributed by atoms with Crippen LogP contribution in [0, 0.1) is 0 Å². The maximum absolute atomic E-state index is 12.3. The lowest BCUT2D eigenvalue weighted by Gasteiger charge is -2.14. The van der Waals surface area contributed by atoms with Gasteiger partial charge in [-0.25, -0.2) is 4.79 Å². The van der Waals surface area contributed by atoms with Crippen molar-refractivity contribution in [3.8, 4) is 0 Å². The number of hydrogen-bond donors (Lipinski definition) is 2. The molecule has 0 spiro atoms. The molecule has 1 aromatic heterocycles. The SMILES string of the molecule is CCOC(=O)c1c(NC(=S)NC(=O)CN2C(=O)CCC2=O)sc2c1CCC2. The third kappa shape index (κ3) is 4.16. The van der Waals surface area contributed by atoms with Gasteiger partial charge in [0, 0.05) is 17.7 Å². The third-order valence-electron chi connectivity index (χ3n) is 4.34. The molecule has 0 unspecified atom stereocenters. The van der Waals surface area contributed by atoms with Crippen molar-refractivity contribution in [1.29, 1.82) is 0 Å². The van der Waals surface area contributed by atoms with Gasteiger partial charge in [0.05, 0.1) is 12.2 Å². The van der Waals surface area contributed by atoms with Crippen molar-refractivity contribution in [2.75, 3.05) is 18.5 Å². The summed E-state index contributed by atoms with van der Waals surface area (Å²) >= 11 is 6.58. The fraction of sp³-hybridized carbons (Fsp3) is 0.471. The van der Waals surface area contributed by atoms with Crippen LogP contribution in [0.3, 0.4) is 0 Å². The van der Waals surface area contributed by atoms with Gasteiger partial charge in [0.25, 0.3) is 0 Å². The minimum Gasteiger partial charge on any atom is -0.462 e. The summed E-state index contributed by atoms with van der Waals surface area (Å²) in [5, 5.41) is 5.88. The molecule has 0 aromatic carbocycles. The average Bonchev–Trinajstić information content (AvgIpc) is 3.25. The molecule has 3 rings (SSSR count). The van der Waals surface area contributed by atoms with E-state index in [4.69, 9.17) is 17.0 Å². The van der Waals surface area contributed by atoms with Gasteiger partial charge in [0.2, 0.25) is 17.7 Å². The minimum absolute atomic E-state index is 0.00423. The van der Waals surface area contributed by atoms with E-state index < -0.39 is 11.9 Å². The zero-order valence-corrected chi connectivity index (χ0v) is 16.4. The molecule has 1 saturated heterocycles. The van der Waals surface area contributed by atoms with Crippen LogP contribution in [0.5, 0.6) is 0 Å². The Kier molecular flexibility index (Phi) is 5.85. The molecule has 2 N–H and O–H groups in total. The van der Waals surface area contributed by atoms with Crippen LogP contribution in [-0.2, 0) is 32.0 Å². The van der Waals surface area contributed by atoms with E-state index in [1.807, 2.05) is 0 Å². The number of thiophene rings is 1. The molecule has 2 heterocycles. The number of carbonyl (C=O) groups excluding carboxylic acids is 4. The minimum atomic E-state index is -0.571. The lowest BCUT2D eigenvalue weighted by molar-refractivity contribution is -0.142. The summed E-state index contributed by atoms with van der Waals surface area (Å²) in [5.41, 5.74) is 1.44. The van der Waals surface area contributed by atoms with Crippen LogP contribution in [0.15, 0.2) is 0 Å². The van der Waals surface area contributed by atoms with Gasteiger partial charge >= 0.3 is 5.97 Å². The Hall–Kier alpha value is -2.33. The lowest BCUT2D eigenvalue weighted by Crippen LogP contribution is -2.43. The molecule has 2 aliphatic rings. The van der Waals surface area contributed by atoms with Crippen molar-refractivity contribution in [2.24, 2.45) is 0 Å². The first-order valence-electron chi connectivity index (χ1n) is 8.66. The second-order valence-corrected chi connectivity index (χ2v) is 7.67. The molecular weight excluding hydrogens is 390 g/mol. The second kappa shape index (κ2) is 8.13. The van der Waals surface area contributed by atoms with Gasteiger partial charge in [-0.15, -0.1) is 11.3 Å². The van der Waals surface area contributed by atoms with E-state index in [2.05, 4.69) is 10.6 Å². The van der Waals surface area contributed by atoms with Crippen LogP contribution < -0.4 is 10.6 Å². The molecular formula is C17H19N3O5S2. The highest BCUT2D eigenvalue weighted by molar-refractivity contribution is 7.80. The smallest absolute Gasteiger partial charge is 0.341 e. The van der Waals surface area contributed by atoms with Gasteiger partial charge in [0.15, 0.2) is 5.11 Å². The van der Waals surface area contributed by atoms with Gasteiger partial charge < -0.3 is 15.4 Å². The Morgan fingerprint density at radius 3 is 2.56 bits per heavy atom. The number of imide groups is 1. The Bertz CT molecular complexity index is 817. The Labute approximate surface area is 165 Å². The van der Waals surface area contributed by atoms with Gasteiger partial charge in [-0.3, -0.25) is 19.3 Å². The van der Waals surface area contributed by atoms with Crippen molar-refractivity contribution in [3.63, 3.8) is 0 Å². The predicted octanol–water partition coefficient (Wildman–Crippen LogP) is 1.38. The first-order valence-corrected chi connectivity index (χ1v) is 9.88. The number of amides is 3. The van der Waals surface area contributed by atoms with E-state index in [0.717, 1.165) is 34.6 Å². The standard InChI is InChI=1S/C17H19N3O5S2/c1-2-25-16(24)14-9-4-3-5-10(9)27-15(14)19-17(26)18-11(21)8-20-12(22)6-7-13(20)23/h2-8H2,1H3,(H2,18,19,21,26). The van der Waals surface area contributed by atoms with E-state index >= 15 is 0 Å². The number of carbonyl (C=O) groups is 4. The summed E-state index contributed by atoms with van der Waals surface area (Å²) in [6.45, 7) is 1.64. The van der Waals surface area contributed by atoms with E-state index in [-0.39, 0.29) is 42.9 Å². The number of rotatable bonds is 5. The lowest BCUT2D eigenvalue weighted by atomic mass is 10.1. The first kappa shape index (κ1) is 19.4. The van der Waals surface area contributed by atoms with Crippen LogP contribution in [-0.4, -0.2) is 46.9 Å². The molecule has 10 heteroatoms. The van der Waals surface area contributed by atoms with Crippen molar-refractivity contribution >= 4 is 57.4 Å². The van der Waals surface area contributed by atoms with E-state index in [1.165, 1.54) is 11.3 Å². The van der Waals surface area contributed by atoms with E-state index in [1.54, 1.807) is 6.92 Å². The molecule has 0 radical (unpaired) electrons. The molecule has 1 aromatic rings. The number of hydrogen-bond acceptors (Lipinski definition) is 7. The molecule has 0 bridgehead atoms. The fourth-order valence-corrected chi connectivity index (χ4v) is 4.72. The molecule has 27 heavy (non-hydrogen) atoms. The summed E-state index contributed by atoms with van der Waals surface area (Å²) in [4.78, 5) is 49.6. The predicted molar refractivity (Wildman–Crippen MR) is 103 cm³/mol. The summed E-state index contributed by atoms with van der Waals surface area (Å²) in [6.07, 6.45) is 2.94. The number of fused-ring (bicyclic) bond motifs is 1. The second-order valence-electron chi connectivity index (χ2n) is 6.16. The molecule has 1 aliphatic carbocycles. The maximum atomic E-state index is 12.3. The highest BCUT2D eigenvalue weighted by Gasteiger charge is 2.31. The van der Waals surface area contributed by atoms with Crippen LogP contribution >= 0.6 is 23.6 Å². The van der Waals surface area contributed by atoms with E-state index in [0.29, 0.717) is 10.6 Å². The number of aryl methyl sites for hydroxylation is 1. The normalized spacial score (nSPS) is 15.7. The monoisotopic (exact) mass is 409 g/mol. The maximum Gasteiger partial charge on any atom is 0.341 e. The highest BCUT2D eigenvalue weighted by Crippen LogP contribution is 2.39. The molecule has 1 fully saturated rings. The molecule has 0 atom stereocenters. The molecule has 3 amide bonds. The van der Waals surface area contributed by atoms with Gasteiger partial charge in [-0.1, -0.05) is 0 Å². The number of nitrogens with zero attached hydrogens (tertiary/aromatic N) is 1. The Morgan fingerprint density at radius 2 is 1.89 bits per heavy atom. The summed E-state index contributed by atoms with van der Waals surface area (Å²) in [7, 11) is 0. The van der Waals surface area contributed by atoms with Crippen molar-refractivity contribution in [3.05, 3.63) is 16.0 Å². The summed E-state index contributed by atoms with van der Waals surface area (Å²) < 4.78 is 5.14. The largest absolute Gasteiger partial charge is 0.462 e. The van der Waals surface area contributed by atoms with Crippen molar-refractivity contribution < 1.29 is 23.9 Å². The number of ether oxygens (including phenoxy) is 1. The quantitative estimate of drug-likeness (QED) is 0.430. The van der Waals surface area contributed by atoms with Crippen molar-refractivity contribution in [2.45, 2.75) is 39.0 Å². The summed E-state index contributed by atoms with van der Waals surface area (Å²) in [5.74, 6) is -1.72. The number of esters is 1. The zero-order chi connectivity index (χ0) is 19.6. The van der Waals surface area contributed by atoms with Crippen LogP contribution in [0.25, 0.3) is 0 Å². The van der Waals surface area contributed by atoms with Gasteiger partial charge in [-0.05, 0) is 44.0 Å². The summed E-state index contributed by atoms with van der Waals surface area (Å²) in [6, 6.07) is 0. The number of nitrogens with one attached hydrogen (secondary N) is 2. The number of thiocarbonyl (C=S) groups is 1. The molecule has 144 valence electrons. The first-order chi connectivity index (χ1) is 12.9. The highest BCUT2D eigenvalue weighted by atomic mass is 32.1. The Balaban J connectivity index is 1.66. The fourth-order valence-electron chi connectivity index (χ4n) is 3.15. The zero-order valence-electron chi connectivity index (χ0n) is 14.8. The van der Waals surface area contributed by atoms with Crippen molar-refractivity contribution in [1.82, 2.24) is 10.2 Å². The third-order valence-corrected chi connectivity index (χ3v) is 5.75. The van der Waals surface area contributed by atoms with Gasteiger partial charge in [0.1, 0.15) is 11.5 Å². The van der Waals surface area contributed by atoms with Crippen LogP contribution in [0.1, 0.15) is 47.0 Å². The molecule has 8 nitrogen and oxygen atoms in total. The van der Waals surface area contributed by atoms with E-state index in [9.17, 15) is 19.2 Å². The van der Waals surface area contributed by atoms with Crippen LogP contribution in [0.2, 0.25) is 0 Å². The molecule has 0 saturated carbocycles. The number of anilines is 1. The van der Waals surface area contributed by atoms with Gasteiger partial charge in [-0.2, -0.15) is 0 Å². The Morgan fingerprint density at radius 1 is 1.19 bits per heavy atom. The number of likely N-dealkylation sites (tertiary alicyclic amines) is 1. The van der Waals surface area contributed by atoms with Crippen LogP contribution in [0.4, 0.5) is 5.00 Å². The molecule has 1 aliphatic heterocycles.